The minimum atomic E-state index is -2.91. The largest absolute Gasteiger partial charge is 0.455 e. The highest BCUT2D eigenvalue weighted by molar-refractivity contribution is 6.29. The van der Waals surface area contributed by atoms with Crippen LogP contribution in [0.2, 0.25) is 5.15 Å². The molecule has 3 rings (SSSR count). The average molecular weight is 479 g/mol. The number of nitrogens with one attached hydrogen (secondary N) is 1. The van der Waals surface area contributed by atoms with Crippen LogP contribution in [0, 0.1) is 6.92 Å². The van der Waals surface area contributed by atoms with Crippen LogP contribution in [0.4, 0.5) is 14.5 Å². The Kier molecular flexibility index (Phi) is 6.74. The van der Waals surface area contributed by atoms with Crippen molar-refractivity contribution in [2.45, 2.75) is 52.7 Å². The van der Waals surface area contributed by atoms with E-state index in [1.54, 1.807) is 52.8 Å². The van der Waals surface area contributed by atoms with Crippen LogP contribution in [0.3, 0.4) is 0 Å². The molecule has 0 radical (unpaired) electrons. The molecule has 0 bridgehead atoms. The summed E-state index contributed by atoms with van der Waals surface area (Å²) in [6, 6.07) is 5.95. The highest BCUT2D eigenvalue weighted by Gasteiger charge is 2.25. The van der Waals surface area contributed by atoms with Crippen LogP contribution >= 0.6 is 11.6 Å². The van der Waals surface area contributed by atoms with Crippen molar-refractivity contribution in [2.24, 2.45) is 7.05 Å². The van der Waals surface area contributed by atoms with Gasteiger partial charge in [0.1, 0.15) is 10.8 Å². The fourth-order valence-corrected chi connectivity index (χ4v) is 3.59. The van der Waals surface area contributed by atoms with Gasteiger partial charge in [0, 0.05) is 12.6 Å². The van der Waals surface area contributed by atoms with E-state index >= 15 is 0 Å². The molecule has 0 fully saturated rings. The third-order valence-electron chi connectivity index (χ3n) is 4.88. The average Bonchev–Trinajstić information content (AvgIpc) is 2.70. The maximum atomic E-state index is 13.5. The number of rotatable bonds is 5. The van der Waals surface area contributed by atoms with E-state index in [2.05, 4.69) is 15.3 Å². The molecule has 1 aromatic carbocycles. The van der Waals surface area contributed by atoms with Gasteiger partial charge in [-0.2, -0.15) is 0 Å². The van der Waals surface area contributed by atoms with Gasteiger partial charge >= 0.3 is 5.97 Å². The maximum absolute atomic E-state index is 13.5. The van der Waals surface area contributed by atoms with Crippen LogP contribution < -0.4 is 10.9 Å². The first kappa shape index (κ1) is 24.6. The van der Waals surface area contributed by atoms with Crippen molar-refractivity contribution in [1.29, 1.82) is 0 Å². The summed E-state index contributed by atoms with van der Waals surface area (Å²) in [5, 5.41) is 3.51. The number of benzene rings is 1. The number of ether oxygens (including phenoxy) is 1. The van der Waals surface area contributed by atoms with Crippen molar-refractivity contribution in [1.82, 2.24) is 14.5 Å². The lowest BCUT2D eigenvalue weighted by Crippen LogP contribution is -2.26. The van der Waals surface area contributed by atoms with Gasteiger partial charge in [-0.1, -0.05) is 17.7 Å². The van der Waals surface area contributed by atoms with E-state index in [9.17, 15) is 18.4 Å². The van der Waals surface area contributed by atoms with Gasteiger partial charge in [-0.25, -0.2) is 23.5 Å². The predicted molar refractivity (Wildman–Crippen MR) is 123 cm³/mol. The quantitative estimate of drug-likeness (QED) is 0.392. The van der Waals surface area contributed by atoms with Crippen molar-refractivity contribution < 1.29 is 18.3 Å². The zero-order valence-electron chi connectivity index (χ0n) is 19.2. The molecule has 10 heteroatoms. The van der Waals surface area contributed by atoms with Gasteiger partial charge in [0.2, 0.25) is 0 Å². The third-order valence-corrected chi connectivity index (χ3v) is 5.09. The smallest absolute Gasteiger partial charge is 0.359 e. The van der Waals surface area contributed by atoms with Crippen LogP contribution in [0.25, 0.3) is 10.9 Å². The number of hydrogen-bond acceptors (Lipinski definition) is 6. The molecule has 2 aromatic heterocycles. The second-order valence-corrected chi connectivity index (χ2v) is 9.17. The van der Waals surface area contributed by atoms with Crippen LogP contribution in [-0.4, -0.2) is 26.1 Å². The summed E-state index contributed by atoms with van der Waals surface area (Å²) in [4.78, 5) is 33.6. The summed E-state index contributed by atoms with van der Waals surface area (Å²) >= 11 is 6.00. The summed E-state index contributed by atoms with van der Waals surface area (Å²) in [5.74, 6) is -1.28. The van der Waals surface area contributed by atoms with Crippen LogP contribution in [0.1, 0.15) is 67.6 Å². The molecule has 1 N–H and O–H groups in total. The molecule has 0 saturated carbocycles. The van der Waals surface area contributed by atoms with Crippen LogP contribution in [0.5, 0.6) is 0 Å². The van der Waals surface area contributed by atoms with Gasteiger partial charge in [0.05, 0.1) is 22.6 Å². The number of carbonyl (C=O) groups excluding carboxylic acids is 1. The molecule has 0 aliphatic rings. The minimum Gasteiger partial charge on any atom is -0.455 e. The molecule has 0 unspecified atom stereocenters. The summed E-state index contributed by atoms with van der Waals surface area (Å²) < 4.78 is 33.3. The first-order chi connectivity index (χ1) is 15.3. The standard InChI is InChI=1S/C23H25ClF2N4O3/c1-11-9-13(17-14(10-11)21(31)30(6)20(29-17)19(25)26)12(2)27-15-7-8-16(24)28-18(15)22(32)33-23(3,4)5/h7-10,12,19,27H,1-6H3/t12-/m1/s1. The van der Waals surface area contributed by atoms with E-state index in [4.69, 9.17) is 16.3 Å². The SMILES string of the molecule is Cc1cc([C@@H](C)Nc2ccc(Cl)nc2C(=O)OC(C)(C)C)c2nc(C(F)F)n(C)c(=O)c2c1. The summed E-state index contributed by atoms with van der Waals surface area (Å²) in [7, 11) is 1.27. The lowest BCUT2D eigenvalue weighted by Gasteiger charge is -2.22. The number of aromatic nitrogens is 3. The molecule has 176 valence electrons. The van der Waals surface area contributed by atoms with Gasteiger partial charge in [-0.15, -0.1) is 0 Å². The Morgan fingerprint density at radius 2 is 1.88 bits per heavy atom. The molecule has 0 spiro atoms. The minimum absolute atomic E-state index is 0.0154. The first-order valence-electron chi connectivity index (χ1n) is 10.2. The second kappa shape index (κ2) is 9.05. The highest BCUT2D eigenvalue weighted by atomic mass is 35.5. The van der Waals surface area contributed by atoms with E-state index in [1.165, 1.54) is 13.1 Å². The number of anilines is 1. The van der Waals surface area contributed by atoms with E-state index in [0.29, 0.717) is 11.3 Å². The highest BCUT2D eigenvalue weighted by Crippen LogP contribution is 2.29. The number of fused-ring (bicyclic) bond motifs is 1. The lowest BCUT2D eigenvalue weighted by molar-refractivity contribution is 0.00640. The number of esters is 1. The predicted octanol–water partition coefficient (Wildman–Crippen LogP) is 5.36. The Bertz CT molecular complexity index is 1290. The number of carbonyl (C=O) groups is 1. The lowest BCUT2D eigenvalue weighted by atomic mass is 10.0. The number of hydrogen-bond donors (Lipinski definition) is 1. The number of alkyl halides is 2. The summed E-state index contributed by atoms with van der Waals surface area (Å²) in [6.45, 7) is 8.76. The molecule has 3 aromatic rings. The maximum Gasteiger partial charge on any atom is 0.359 e. The molecule has 0 saturated heterocycles. The first-order valence-corrected chi connectivity index (χ1v) is 10.6. The summed E-state index contributed by atoms with van der Waals surface area (Å²) in [5.41, 5.74) is 0.472. The Morgan fingerprint density at radius 1 is 1.21 bits per heavy atom. The number of nitrogens with zero attached hydrogens (tertiary/aromatic N) is 3. The molecule has 33 heavy (non-hydrogen) atoms. The Balaban J connectivity index is 2.11. The van der Waals surface area contributed by atoms with Gasteiger partial charge in [0.15, 0.2) is 11.5 Å². The van der Waals surface area contributed by atoms with Gasteiger partial charge in [-0.05, 0) is 58.4 Å². The monoisotopic (exact) mass is 478 g/mol. The van der Waals surface area contributed by atoms with E-state index in [0.717, 1.165) is 10.1 Å². The van der Waals surface area contributed by atoms with E-state index < -0.39 is 35.4 Å². The van der Waals surface area contributed by atoms with Crippen molar-refractivity contribution in [3.63, 3.8) is 0 Å². The van der Waals surface area contributed by atoms with Crippen molar-refractivity contribution in [2.75, 3.05) is 5.32 Å². The van der Waals surface area contributed by atoms with Crippen LogP contribution in [0.15, 0.2) is 29.1 Å². The van der Waals surface area contributed by atoms with Gasteiger partial charge < -0.3 is 10.1 Å². The molecule has 2 heterocycles. The van der Waals surface area contributed by atoms with Crippen molar-refractivity contribution >= 4 is 34.2 Å². The topological polar surface area (TPSA) is 86.1 Å². The normalized spacial score (nSPS) is 12.8. The second-order valence-electron chi connectivity index (χ2n) is 8.78. The van der Waals surface area contributed by atoms with E-state index in [1.807, 2.05) is 0 Å². The van der Waals surface area contributed by atoms with Crippen molar-refractivity contribution in [3.8, 4) is 0 Å². The Morgan fingerprint density at radius 3 is 2.48 bits per heavy atom. The molecular weight excluding hydrogens is 454 g/mol. The van der Waals surface area contributed by atoms with E-state index in [-0.39, 0.29) is 21.7 Å². The molecule has 0 amide bonds. The fourth-order valence-electron chi connectivity index (χ4n) is 3.44. The third kappa shape index (κ3) is 5.30. The number of aryl methyl sites for hydroxylation is 1. The van der Waals surface area contributed by atoms with Gasteiger partial charge in [-0.3, -0.25) is 9.36 Å². The zero-order valence-corrected chi connectivity index (χ0v) is 19.9. The van der Waals surface area contributed by atoms with Gasteiger partial charge in [0.25, 0.3) is 12.0 Å². The van der Waals surface area contributed by atoms with Crippen molar-refractivity contribution in [3.05, 3.63) is 62.4 Å². The molecule has 7 nitrogen and oxygen atoms in total. The Hall–Kier alpha value is -3.07. The molecular formula is C23H25ClF2N4O3. The molecule has 1 atom stereocenters. The summed E-state index contributed by atoms with van der Waals surface area (Å²) in [6.07, 6.45) is -2.91. The Labute approximate surface area is 194 Å². The molecule has 0 aliphatic heterocycles. The van der Waals surface area contributed by atoms with Crippen LogP contribution in [-0.2, 0) is 11.8 Å². The fraction of sp³-hybridized carbons (Fsp3) is 0.391. The zero-order chi connectivity index (χ0) is 24.7. The molecule has 0 aliphatic carbocycles. The number of pyridine rings is 1. The number of halogens is 3.